The zero-order valence-corrected chi connectivity index (χ0v) is 16.2. The number of thiazole rings is 1. The second kappa shape index (κ2) is 9.76. The monoisotopic (exact) mass is 377 g/mol. The third-order valence-corrected chi connectivity index (χ3v) is 4.35. The Morgan fingerprint density at radius 3 is 2.69 bits per heavy atom. The van der Waals surface area contributed by atoms with Crippen LogP contribution < -0.4 is 14.9 Å². The van der Waals surface area contributed by atoms with E-state index in [9.17, 15) is 4.79 Å². The van der Waals surface area contributed by atoms with Crippen molar-refractivity contribution in [1.29, 1.82) is 0 Å². The number of esters is 1. The molecule has 8 heteroatoms. The summed E-state index contributed by atoms with van der Waals surface area (Å²) in [6.45, 7) is 6.91. The van der Waals surface area contributed by atoms with Crippen LogP contribution in [0, 0.1) is 0 Å². The Kier molecular flexibility index (Phi) is 7.40. The molecule has 7 nitrogen and oxygen atoms in total. The Balaban J connectivity index is 2.15. The molecule has 1 N–H and O–H groups in total. The van der Waals surface area contributed by atoms with Crippen LogP contribution in [0.3, 0.4) is 0 Å². The van der Waals surface area contributed by atoms with Crippen LogP contribution in [0.5, 0.6) is 11.5 Å². The van der Waals surface area contributed by atoms with Gasteiger partial charge in [0.25, 0.3) is 0 Å². The predicted octanol–water partition coefficient (Wildman–Crippen LogP) is 3.74. The number of ether oxygens (including phenoxy) is 3. The number of benzene rings is 1. The van der Waals surface area contributed by atoms with Gasteiger partial charge in [0.15, 0.2) is 0 Å². The van der Waals surface area contributed by atoms with Gasteiger partial charge in [0.2, 0.25) is 5.13 Å². The van der Waals surface area contributed by atoms with E-state index < -0.39 is 0 Å². The highest BCUT2D eigenvalue weighted by molar-refractivity contribution is 7.17. The van der Waals surface area contributed by atoms with E-state index in [1.807, 2.05) is 39.0 Å². The van der Waals surface area contributed by atoms with Gasteiger partial charge in [-0.05, 0) is 32.4 Å². The second-order valence-electron chi connectivity index (χ2n) is 5.08. The molecule has 0 spiro atoms. The zero-order chi connectivity index (χ0) is 18.9. The topological polar surface area (TPSA) is 82.0 Å². The SMILES string of the molecule is CCOc1ccc(/C=N\Nc2nc(CC)c(C(=O)OC)s2)c(OCC)c1. The van der Waals surface area contributed by atoms with Crippen molar-refractivity contribution in [3.05, 3.63) is 34.3 Å². The lowest BCUT2D eigenvalue weighted by Gasteiger charge is -2.09. The standard InChI is InChI=1S/C18H23N3O4S/c1-5-14-16(17(22)23-4)26-18(20-14)21-19-11-12-8-9-13(24-6-2)10-15(12)25-7-3/h8-11H,5-7H2,1-4H3,(H,20,21)/b19-11-. The summed E-state index contributed by atoms with van der Waals surface area (Å²) in [6, 6.07) is 5.57. The summed E-state index contributed by atoms with van der Waals surface area (Å²) in [5, 5.41) is 4.73. The maximum atomic E-state index is 11.8. The number of hydrazone groups is 1. The maximum Gasteiger partial charge on any atom is 0.350 e. The van der Waals surface area contributed by atoms with Crippen LogP contribution in [0.2, 0.25) is 0 Å². The summed E-state index contributed by atoms with van der Waals surface area (Å²) in [5.41, 5.74) is 4.36. The lowest BCUT2D eigenvalue weighted by Crippen LogP contribution is -2.01. The van der Waals surface area contributed by atoms with E-state index in [0.29, 0.717) is 41.1 Å². The van der Waals surface area contributed by atoms with Gasteiger partial charge in [-0.3, -0.25) is 5.43 Å². The number of hydrogen-bond donors (Lipinski definition) is 1. The lowest BCUT2D eigenvalue weighted by atomic mass is 10.2. The third-order valence-electron chi connectivity index (χ3n) is 3.36. The largest absolute Gasteiger partial charge is 0.494 e. The van der Waals surface area contributed by atoms with Crippen molar-refractivity contribution in [3.63, 3.8) is 0 Å². The smallest absolute Gasteiger partial charge is 0.350 e. The minimum atomic E-state index is -0.387. The molecule has 1 aromatic carbocycles. The summed E-state index contributed by atoms with van der Waals surface area (Å²) in [4.78, 5) is 16.6. The Labute approximate surface area is 157 Å². The number of aromatic nitrogens is 1. The highest BCUT2D eigenvalue weighted by Gasteiger charge is 2.17. The summed E-state index contributed by atoms with van der Waals surface area (Å²) >= 11 is 1.21. The second-order valence-corrected chi connectivity index (χ2v) is 6.07. The van der Waals surface area contributed by atoms with Gasteiger partial charge in [0.05, 0.1) is 32.2 Å². The average molecular weight is 377 g/mol. The Bertz CT molecular complexity index is 774. The van der Waals surface area contributed by atoms with Gasteiger partial charge < -0.3 is 14.2 Å². The van der Waals surface area contributed by atoms with Crippen LogP contribution in [0.25, 0.3) is 0 Å². The van der Waals surface area contributed by atoms with Crippen molar-refractivity contribution in [1.82, 2.24) is 4.98 Å². The van der Waals surface area contributed by atoms with Crippen LogP contribution in [-0.4, -0.2) is 37.5 Å². The molecule has 0 atom stereocenters. The minimum absolute atomic E-state index is 0.387. The summed E-state index contributed by atoms with van der Waals surface area (Å²) in [7, 11) is 1.36. The third kappa shape index (κ3) is 4.95. The van der Waals surface area contributed by atoms with Crippen molar-refractivity contribution in [2.75, 3.05) is 25.7 Å². The first kappa shape index (κ1) is 19.7. The molecule has 1 heterocycles. The molecule has 0 aliphatic rings. The van der Waals surface area contributed by atoms with Crippen molar-refractivity contribution in [2.24, 2.45) is 5.10 Å². The summed E-state index contributed by atoms with van der Waals surface area (Å²) < 4.78 is 15.9. The fraction of sp³-hybridized carbons (Fsp3) is 0.389. The first-order valence-corrected chi connectivity index (χ1v) is 9.21. The van der Waals surface area contributed by atoms with E-state index in [2.05, 4.69) is 15.5 Å². The van der Waals surface area contributed by atoms with Crippen molar-refractivity contribution >= 4 is 28.7 Å². The van der Waals surface area contributed by atoms with Gasteiger partial charge in [0, 0.05) is 11.6 Å². The van der Waals surface area contributed by atoms with E-state index >= 15 is 0 Å². The molecule has 0 saturated carbocycles. The van der Waals surface area contributed by atoms with Gasteiger partial charge in [-0.15, -0.1) is 0 Å². The van der Waals surface area contributed by atoms with Crippen LogP contribution >= 0.6 is 11.3 Å². The molecular formula is C18H23N3O4S. The van der Waals surface area contributed by atoms with Crippen molar-refractivity contribution in [3.8, 4) is 11.5 Å². The molecule has 0 aliphatic heterocycles. The highest BCUT2D eigenvalue weighted by Crippen LogP contribution is 2.26. The van der Waals surface area contributed by atoms with Crippen LogP contribution in [0.15, 0.2) is 23.3 Å². The van der Waals surface area contributed by atoms with Crippen LogP contribution in [0.1, 0.15) is 41.7 Å². The summed E-state index contributed by atoms with van der Waals surface area (Å²) in [5.74, 6) is 1.05. The first-order chi connectivity index (χ1) is 12.6. The van der Waals surface area contributed by atoms with Crippen molar-refractivity contribution in [2.45, 2.75) is 27.2 Å². The number of anilines is 1. The average Bonchev–Trinajstić information content (AvgIpc) is 3.06. The van der Waals surface area contributed by atoms with Crippen LogP contribution in [-0.2, 0) is 11.2 Å². The molecular weight excluding hydrogens is 354 g/mol. The fourth-order valence-electron chi connectivity index (χ4n) is 2.21. The lowest BCUT2D eigenvalue weighted by molar-refractivity contribution is 0.0605. The molecule has 140 valence electrons. The van der Waals surface area contributed by atoms with E-state index in [4.69, 9.17) is 14.2 Å². The molecule has 0 fully saturated rings. The normalized spacial score (nSPS) is 10.8. The quantitative estimate of drug-likeness (QED) is 0.407. The van der Waals surface area contributed by atoms with E-state index in [0.717, 1.165) is 11.3 Å². The summed E-state index contributed by atoms with van der Waals surface area (Å²) in [6.07, 6.45) is 2.28. The van der Waals surface area contributed by atoms with E-state index in [1.54, 1.807) is 6.21 Å². The molecule has 2 aromatic rings. The number of carbonyl (C=O) groups excluding carboxylic acids is 1. The molecule has 1 aromatic heterocycles. The number of aryl methyl sites for hydroxylation is 1. The van der Waals surface area contributed by atoms with Crippen molar-refractivity contribution < 1.29 is 19.0 Å². The number of methoxy groups -OCH3 is 1. The molecule has 0 bridgehead atoms. The number of nitrogens with zero attached hydrogens (tertiary/aromatic N) is 2. The Morgan fingerprint density at radius 2 is 2.04 bits per heavy atom. The minimum Gasteiger partial charge on any atom is -0.494 e. The maximum absolute atomic E-state index is 11.8. The van der Waals surface area contributed by atoms with E-state index in [1.165, 1.54) is 18.4 Å². The Morgan fingerprint density at radius 1 is 1.27 bits per heavy atom. The molecule has 2 rings (SSSR count). The van der Waals surface area contributed by atoms with Gasteiger partial charge in [-0.1, -0.05) is 18.3 Å². The predicted molar refractivity (Wildman–Crippen MR) is 103 cm³/mol. The first-order valence-electron chi connectivity index (χ1n) is 8.39. The fourth-order valence-corrected chi connectivity index (χ4v) is 3.13. The molecule has 0 aliphatic carbocycles. The molecule has 0 saturated heterocycles. The number of carbonyl (C=O) groups is 1. The Hall–Kier alpha value is -2.61. The number of nitrogens with one attached hydrogen (secondary N) is 1. The number of rotatable bonds is 9. The van der Waals surface area contributed by atoms with Gasteiger partial charge in [-0.25, -0.2) is 9.78 Å². The van der Waals surface area contributed by atoms with Crippen LogP contribution in [0.4, 0.5) is 5.13 Å². The molecule has 0 amide bonds. The van der Waals surface area contributed by atoms with E-state index in [-0.39, 0.29) is 5.97 Å². The zero-order valence-electron chi connectivity index (χ0n) is 15.4. The molecule has 0 unspecified atom stereocenters. The highest BCUT2D eigenvalue weighted by atomic mass is 32.1. The van der Waals surface area contributed by atoms with Gasteiger partial charge in [0.1, 0.15) is 16.4 Å². The molecule has 0 radical (unpaired) electrons. The van der Waals surface area contributed by atoms with Gasteiger partial charge in [-0.2, -0.15) is 5.10 Å². The number of hydrogen-bond acceptors (Lipinski definition) is 8. The molecule has 26 heavy (non-hydrogen) atoms. The van der Waals surface area contributed by atoms with Gasteiger partial charge >= 0.3 is 5.97 Å².